The van der Waals surface area contributed by atoms with E-state index in [1.807, 2.05) is 13.8 Å². The minimum Gasteiger partial charge on any atom is -0.390 e. The average Bonchev–Trinajstić information content (AvgIpc) is 3.53. The first kappa shape index (κ1) is 46.0. The maximum Gasteiger partial charge on any atom is 0.0622 e. The van der Waals surface area contributed by atoms with Crippen molar-refractivity contribution in [1.82, 2.24) is 0 Å². The molecule has 0 unspecified atom stereocenters. The predicted octanol–water partition coefficient (Wildman–Crippen LogP) is 12.0. The van der Waals surface area contributed by atoms with E-state index in [1.54, 1.807) is 0 Å². The van der Waals surface area contributed by atoms with E-state index in [-0.39, 0.29) is 31.4 Å². The van der Waals surface area contributed by atoms with E-state index in [9.17, 15) is 10.2 Å². The van der Waals surface area contributed by atoms with Crippen LogP contribution in [-0.2, 0) is 0 Å². The molecule has 2 N–H and O–H groups in total. The van der Waals surface area contributed by atoms with Crippen molar-refractivity contribution in [1.29, 1.82) is 0 Å². The van der Waals surface area contributed by atoms with E-state index in [0.717, 1.165) is 60.7 Å². The van der Waals surface area contributed by atoms with Crippen molar-refractivity contribution in [2.24, 2.45) is 46.8 Å². The Morgan fingerprint density at radius 1 is 0.607 bits per heavy atom. The number of rotatable bonds is 4. The Kier molecular flexibility index (Phi) is 19.9. The molecule has 0 radical (unpaired) electrons. The lowest BCUT2D eigenvalue weighted by Gasteiger charge is -2.57. The van der Waals surface area contributed by atoms with Crippen LogP contribution in [0.1, 0.15) is 137 Å². The molecule has 4 aliphatic carbocycles. The van der Waals surface area contributed by atoms with Gasteiger partial charge in [-0.25, -0.2) is 0 Å². The summed E-state index contributed by atoms with van der Waals surface area (Å²) in [6.45, 7) is 11.1. The molecule has 0 aromatic heterocycles. The van der Waals surface area contributed by atoms with Gasteiger partial charge in [-0.3, -0.25) is 0 Å². The molecule has 4 heteroatoms. The molecule has 0 saturated heterocycles. The molecule has 4 rings (SSSR count). The minimum atomic E-state index is -0.522. The molecule has 0 heterocycles. The van der Waals surface area contributed by atoms with Crippen molar-refractivity contribution >= 4 is 0 Å². The van der Waals surface area contributed by atoms with Crippen LogP contribution in [0.25, 0.3) is 0 Å². The van der Waals surface area contributed by atoms with E-state index in [4.69, 9.17) is 22.8 Å². The molecule has 0 amide bonds. The van der Waals surface area contributed by atoms with Crippen LogP contribution < -0.4 is 0 Å². The quantitative estimate of drug-likeness (QED) is 0.279. The van der Waals surface area contributed by atoms with E-state index in [1.165, 1.54) is 51.4 Å². The second kappa shape index (κ2) is 24.3. The van der Waals surface area contributed by atoms with Crippen molar-refractivity contribution in [3.63, 3.8) is 0 Å². The Morgan fingerprint density at radius 3 is 1.43 bits per heavy atom. The fourth-order valence-electron chi connectivity index (χ4n) is 9.54. The maximum atomic E-state index is 10.6. The Morgan fingerprint density at radius 2 is 1.02 bits per heavy atom. The Labute approximate surface area is 370 Å². The molecule has 0 bridgehead atoms. The third-order valence-electron chi connectivity index (χ3n) is 11.7. The van der Waals surface area contributed by atoms with Gasteiger partial charge in [0.05, 0.1) is 11.2 Å². The van der Waals surface area contributed by atoms with Crippen LogP contribution in [-0.4, -0.2) is 21.4 Å². The zero-order valence-electron chi connectivity index (χ0n) is 33.2. The Bertz CT molecular complexity index is 2170. The zero-order valence-corrected chi connectivity index (χ0v) is 33.2. The summed E-state index contributed by atoms with van der Waals surface area (Å²) in [6.07, 6.45) is 23.8. The van der Waals surface area contributed by atoms with Crippen molar-refractivity contribution in [2.45, 2.75) is 116 Å². The monoisotopic (exact) mass is 781 g/mol. The SMILES string of the molecule is C#CC#CC#CC#CC#CC#CC#CC#CC#CC#CC#CC#CC#C.C[C@H](CCC(C)(C)O)[C@H]1CC[C@H]2[C@@H]3CC[C@H]4C[C@@](C)(O)CC[C@@H]4[C@H]3CC[C@]12C.O=O.[HH].[HH].[HH].[HH].[HH].[HH].[HH].[HH].[HH].[HH].[HH].[HH].[HH].[HH].[HH].[HH].[HH].[HH].[HH].[HH].[HH].[HH]. The van der Waals surface area contributed by atoms with Gasteiger partial charge < -0.3 is 10.2 Å². The van der Waals surface area contributed by atoms with Gasteiger partial charge in [0, 0.05) is 88.7 Å². The summed E-state index contributed by atoms with van der Waals surface area (Å²) in [5.74, 6) is 64.3. The molecule has 0 aliphatic heterocycles. The maximum absolute atomic E-state index is 10.6. The second-order valence-corrected chi connectivity index (χ2v) is 15.8. The molecule has 4 nitrogen and oxygen atoms in total. The lowest BCUT2D eigenvalue weighted by atomic mass is 9.48. The van der Waals surface area contributed by atoms with Crippen molar-refractivity contribution in [3.05, 3.63) is 9.93 Å². The van der Waals surface area contributed by atoms with Gasteiger partial charge in [-0.05, 0) is 233 Å². The smallest absolute Gasteiger partial charge is 0.0622 e. The van der Waals surface area contributed by atoms with Crippen molar-refractivity contribution in [3.8, 4) is 155 Å². The first-order valence-corrected chi connectivity index (χ1v) is 18.9. The van der Waals surface area contributed by atoms with Gasteiger partial charge in [-0.1, -0.05) is 13.8 Å². The minimum absolute atomic E-state index is 0. The van der Waals surface area contributed by atoms with Gasteiger partial charge in [0.2, 0.25) is 0 Å². The van der Waals surface area contributed by atoms with Crippen LogP contribution in [0.2, 0.25) is 0 Å². The molecule has 0 aromatic rings. The zero-order chi connectivity index (χ0) is 41.3. The standard InChI is InChI=1S/C26H46O2.C26H2.O2.22H2/c1-17(10-13-24(2,3)27)22-8-9-23-21-7-6-18-16-25(4,28)14-11-19(18)20(21)12-15-26(22,23)5;1-3-5-7-9-11-13-15-17-19-21-23-25-26-24-22-20-18-16-14-12-10-8-6-4-2;1-2;;;;;;;;;;;;;;;;;;;;;;/h17-23,27-28H,6-16H2,1-5H3;1-2H;;22*1H/t17-,18+,19+,20-,21-,22-,23+,25+,26-;;;;;;;;;;;;;;;;;;;;;;;;/m1......................../s1. The summed E-state index contributed by atoms with van der Waals surface area (Å²) in [6, 6.07) is 0. The van der Waals surface area contributed by atoms with E-state index in [2.05, 4.69) is 163 Å². The number of hydrogen-bond acceptors (Lipinski definition) is 4. The highest BCUT2D eigenvalue weighted by atomic mass is 16.7. The van der Waals surface area contributed by atoms with Crippen LogP contribution in [0.3, 0.4) is 0 Å². The molecule has 4 aliphatic rings. The molecule has 9 atom stereocenters. The van der Waals surface area contributed by atoms with Crippen LogP contribution in [0.15, 0.2) is 0 Å². The average molecular weight is 781 g/mol. The summed E-state index contributed by atoms with van der Waals surface area (Å²) < 4.78 is 0. The normalized spacial score (nSPS) is 26.7. The van der Waals surface area contributed by atoms with Gasteiger partial charge in [0.15, 0.2) is 0 Å². The molecule has 4 saturated carbocycles. The molecular formula is C52H92O4. The summed E-state index contributed by atoms with van der Waals surface area (Å²) in [4.78, 5) is 14.0. The topological polar surface area (TPSA) is 74.6 Å². The van der Waals surface area contributed by atoms with Gasteiger partial charge in [0.25, 0.3) is 0 Å². The molecule has 0 aromatic carbocycles. The molecule has 4 fully saturated rings. The fourth-order valence-corrected chi connectivity index (χ4v) is 9.54. The lowest BCUT2D eigenvalue weighted by molar-refractivity contribution is -0.103. The first-order chi connectivity index (χ1) is 26.9. The van der Waals surface area contributed by atoms with E-state index >= 15 is 0 Å². The third-order valence-corrected chi connectivity index (χ3v) is 11.7. The molecule has 56 heavy (non-hydrogen) atoms. The summed E-state index contributed by atoms with van der Waals surface area (Å²) in [5.41, 5.74) is -0.385. The van der Waals surface area contributed by atoms with Crippen LogP contribution in [0, 0.1) is 212 Å². The highest BCUT2D eigenvalue weighted by Crippen LogP contribution is 2.66. The summed E-state index contributed by atoms with van der Waals surface area (Å²) in [7, 11) is 0. The molecule has 324 valence electrons. The number of fused-ring (bicyclic) bond motifs is 5. The highest BCUT2D eigenvalue weighted by molar-refractivity contribution is 5.48. The molecule has 0 spiro atoms. The van der Waals surface area contributed by atoms with E-state index in [0.29, 0.717) is 5.41 Å². The number of hydrogen-bond donors (Lipinski definition) is 2. The van der Waals surface area contributed by atoms with Crippen LogP contribution in [0.4, 0.5) is 0 Å². The molecular weight excluding hydrogens is 689 g/mol. The van der Waals surface area contributed by atoms with Gasteiger partial charge in [0.1, 0.15) is 0 Å². The Hall–Kier alpha value is -6.20. The number of aliphatic hydroxyl groups is 2. The van der Waals surface area contributed by atoms with E-state index < -0.39 is 11.2 Å². The third kappa shape index (κ3) is 15.6. The number of terminal acetylenes is 2. The lowest BCUT2D eigenvalue weighted by Crippen LogP contribution is -2.50. The first-order valence-electron chi connectivity index (χ1n) is 18.9. The summed E-state index contributed by atoms with van der Waals surface area (Å²) >= 11 is 0. The van der Waals surface area contributed by atoms with Crippen molar-refractivity contribution in [2.75, 3.05) is 0 Å². The summed E-state index contributed by atoms with van der Waals surface area (Å²) in [5, 5.41) is 20.8. The Balaban J connectivity index is -0.0000000334. The van der Waals surface area contributed by atoms with Crippen molar-refractivity contribution < 1.29 is 41.6 Å². The highest BCUT2D eigenvalue weighted by Gasteiger charge is 2.58. The van der Waals surface area contributed by atoms with Crippen LogP contribution in [0.5, 0.6) is 0 Å². The van der Waals surface area contributed by atoms with Gasteiger partial charge in [-0.15, -0.1) is 12.8 Å². The second-order valence-electron chi connectivity index (χ2n) is 15.8. The fraction of sp³-hybridized carbons (Fsp3) is 0.500. The van der Waals surface area contributed by atoms with Gasteiger partial charge >= 0.3 is 0 Å². The predicted molar refractivity (Wildman–Crippen MR) is 272 cm³/mol. The largest absolute Gasteiger partial charge is 0.390 e. The van der Waals surface area contributed by atoms with Crippen LogP contribution >= 0.6 is 0 Å². The van der Waals surface area contributed by atoms with Gasteiger partial charge in [-0.2, -0.15) is 0 Å².